The minimum absolute atomic E-state index is 0.0129. The second-order valence-electron chi connectivity index (χ2n) is 5.47. The summed E-state index contributed by atoms with van der Waals surface area (Å²) in [7, 11) is 0. The third-order valence-corrected chi connectivity index (χ3v) is 4.49. The van der Waals surface area contributed by atoms with E-state index < -0.39 is 5.60 Å². The molecule has 2 aromatic carbocycles. The molecule has 3 heteroatoms. The molecular formula is C16H12F2O. The Balaban J connectivity index is 2.00. The first kappa shape index (κ1) is 11.1. The molecule has 1 N–H and O–H groups in total. The van der Waals surface area contributed by atoms with E-state index in [0.717, 1.165) is 11.1 Å². The van der Waals surface area contributed by atoms with Crippen molar-refractivity contribution in [2.75, 3.05) is 0 Å². The summed E-state index contributed by atoms with van der Waals surface area (Å²) in [6.45, 7) is 0. The fraction of sp³-hybridized carbons (Fsp3) is 0.250. The average Bonchev–Trinajstić information content (AvgIpc) is 2.80. The number of aliphatic hydroxyl groups is 1. The summed E-state index contributed by atoms with van der Waals surface area (Å²) in [4.78, 5) is 0. The number of halogens is 2. The van der Waals surface area contributed by atoms with Crippen molar-refractivity contribution in [3.8, 4) is 0 Å². The van der Waals surface area contributed by atoms with Crippen molar-refractivity contribution < 1.29 is 13.9 Å². The molecule has 0 unspecified atom stereocenters. The lowest BCUT2D eigenvalue weighted by Gasteiger charge is -2.25. The Labute approximate surface area is 109 Å². The molecule has 1 nitrogen and oxygen atoms in total. The van der Waals surface area contributed by atoms with Crippen molar-refractivity contribution >= 4 is 0 Å². The highest BCUT2D eigenvalue weighted by atomic mass is 19.1. The topological polar surface area (TPSA) is 20.2 Å². The summed E-state index contributed by atoms with van der Waals surface area (Å²) in [5, 5.41) is 11.1. The number of fused-ring (bicyclic) bond motifs is 5. The largest absolute Gasteiger partial charge is 0.380 e. The molecule has 96 valence electrons. The summed E-state index contributed by atoms with van der Waals surface area (Å²) in [6.07, 6.45) is 1.42. The molecule has 0 aliphatic heterocycles. The molecule has 0 aromatic heterocycles. The summed E-state index contributed by atoms with van der Waals surface area (Å²) in [6, 6.07) is 9.04. The molecule has 0 amide bonds. The van der Waals surface area contributed by atoms with E-state index in [1.165, 1.54) is 24.3 Å². The summed E-state index contributed by atoms with van der Waals surface area (Å²) >= 11 is 0. The predicted molar refractivity (Wildman–Crippen MR) is 66.7 cm³/mol. The Kier molecular flexibility index (Phi) is 2.00. The summed E-state index contributed by atoms with van der Waals surface area (Å²) in [5.41, 5.74) is 1.89. The van der Waals surface area contributed by atoms with Gasteiger partial charge in [0.2, 0.25) is 0 Å². The monoisotopic (exact) mass is 258 g/mol. The van der Waals surface area contributed by atoms with Crippen molar-refractivity contribution in [3.63, 3.8) is 0 Å². The van der Waals surface area contributed by atoms with Crippen LogP contribution < -0.4 is 0 Å². The molecule has 0 saturated heterocycles. The van der Waals surface area contributed by atoms with Crippen LogP contribution in [0.1, 0.15) is 22.3 Å². The molecule has 0 bridgehead atoms. The Morgan fingerprint density at radius 1 is 0.895 bits per heavy atom. The Bertz CT molecular complexity index is 638. The first-order valence-corrected chi connectivity index (χ1v) is 6.39. The van der Waals surface area contributed by atoms with Crippen LogP contribution in [-0.2, 0) is 18.4 Å². The van der Waals surface area contributed by atoms with Crippen LogP contribution in [0.15, 0.2) is 36.4 Å². The molecule has 2 aliphatic carbocycles. The van der Waals surface area contributed by atoms with Crippen molar-refractivity contribution in [1.29, 1.82) is 0 Å². The van der Waals surface area contributed by atoms with Gasteiger partial charge in [-0.15, -0.1) is 0 Å². The van der Waals surface area contributed by atoms with E-state index in [4.69, 9.17) is 0 Å². The smallest absolute Gasteiger partial charge is 0.123 e. The Hall–Kier alpha value is -1.74. The number of hydrogen-bond donors (Lipinski definition) is 1. The first-order chi connectivity index (χ1) is 9.09. The van der Waals surface area contributed by atoms with Crippen molar-refractivity contribution in [3.05, 3.63) is 70.3 Å². The van der Waals surface area contributed by atoms with E-state index in [1.54, 1.807) is 12.1 Å². The van der Waals surface area contributed by atoms with Gasteiger partial charge in [-0.1, -0.05) is 12.1 Å². The van der Waals surface area contributed by atoms with Gasteiger partial charge >= 0.3 is 0 Å². The molecule has 4 rings (SSSR count). The van der Waals surface area contributed by atoms with Gasteiger partial charge in [0.15, 0.2) is 0 Å². The molecular weight excluding hydrogens is 246 g/mol. The molecule has 0 saturated carbocycles. The number of hydrogen-bond acceptors (Lipinski definition) is 1. The van der Waals surface area contributed by atoms with Gasteiger partial charge in [0, 0.05) is 5.92 Å². The van der Waals surface area contributed by atoms with Gasteiger partial charge in [0.05, 0.1) is 0 Å². The van der Waals surface area contributed by atoms with Crippen LogP contribution in [0.25, 0.3) is 0 Å². The van der Waals surface area contributed by atoms with E-state index >= 15 is 0 Å². The Morgan fingerprint density at radius 3 is 1.84 bits per heavy atom. The fourth-order valence-corrected chi connectivity index (χ4v) is 3.65. The first-order valence-electron chi connectivity index (χ1n) is 6.39. The SMILES string of the molecule is OC12c3cc(F)ccc3CC1Cc1ccc(F)cc12. The fourth-order valence-electron chi connectivity index (χ4n) is 3.65. The average molecular weight is 258 g/mol. The van der Waals surface area contributed by atoms with E-state index in [1.807, 2.05) is 0 Å². The molecule has 0 radical (unpaired) electrons. The van der Waals surface area contributed by atoms with Gasteiger partial charge in [0.1, 0.15) is 17.2 Å². The van der Waals surface area contributed by atoms with Crippen molar-refractivity contribution in [2.24, 2.45) is 5.92 Å². The maximum Gasteiger partial charge on any atom is 0.123 e. The van der Waals surface area contributed by atoms with Crippen LogP contribution in [0.4, 0.5) is 8.78 Å². The maximum atomic E-state index is 13.5. The van der Waals surface area contributed by atoms with Crippen molar-refractivity contribution in [2.45, 2.75) is 18.4 Å². The second kappa shape index (κ2) is 3.42. The highest BCUT2D eigenvalue weighted by Gasteiger charge is 2.52. The van der Waals surface area contributed by atoms with Crippen molar-refractivity contribution in [1.82, 2.24) is 0 Å². The van der Waals surface area contributed by atoms with Crippen LogP contribution in [-0.4, -0.2) is 5.11 Å². The molecule has 0 heterocycles. The summed E-state index contributed by atoms with van der Waals surface area (Å²) in [5.74, 6) is -0.739. The molecule has 2 aromatic rings. The van der Waals surface area contributed by atoms with Gasteiger partial charge in [-0.05, 0) is 59.4 Å². The van der Waals surface area contributed by atoms with Crippen LogP contribution >= 0.6 is 0 Å². The van der Waals surface area contributed by atoms with E-state index in [-0.39, 0.29) is 17.6 Å². The third kappa shape index (κ3) is 1.31. The zero-order valence-corrected chi connectivity index (χ0v) is 10.2. The van der Waals surface area contributed by atoms with Gasteiger partial charge < -0.3 is 5.11 Å². The van der Waals surface area contributed by atoms with E-state index in [2.05, 4.69) is 0 Å². The lowest BCUT2D eigenvalue weighted by Crippen LogP contribution is -2.28. The summed E-state index contributed by atoms with van der Waals surface area (Å²) < 4.78 is 26.9. The minimum atomic E-state index is -1.23. The minimum Gasteiger partial charge on any atom is -0.380 e. The zero-order chi connectivity index (χ0) is 13.2. The van der Waals surface area contributed by atoms with E-state index in [9.17, 15) is 13.9 Å². The highest BCUT2D eigenvalue weighted by Crippen LogP contribution is 2.53. The zero-order valence-electron chi connectivity index (χ0n) is 10.2. The van der Waals surface area contributed by atoms with Gasteiger partial charge in [-0.2, -0.15) is 0 Å². The van der Waals surface area contributed by atoms with Crippen LogP contribution in [0.3, 0.4) is 0 Å². The van der Waals surface area contributed by atoms with Gasteiger partial charge in [-0.25, -0.2) is 8.78 Å². The van der Waals surface area contributed by atoms with Crippen LogP contribution in [0.2, 0.25) is 0 Å². The lowest BCUT2D eigenvalue weighted by molar-refractivity contribution is 0.0437. The quantitative estimate of drug-likeness (QED) is 0.770. The molecule has 0 spiro atoms. The molecule has 0 atom stereocenters. The normalized spacial score (nSPS) is 27.0. The predicted octanol–water partition coefficient (Wildman–Crippen LogP) is 2.93. The third-order valence-electron chi connectivity index (χ3n) is 4.49. The lowest BCUT2D eigenvalue weighted by atomic mass is 9.86. The number of benzene rings is 2. The molecule has 19 heavy (non-hydrogen) atoms. The van der Waals surface area contributed by atoms with Gasteiger partial charge in [0.25, 0.3) is 0 Å². The highest BCUT2D eigenvalue weighted by molar-refractivity contribution is 5.53. The molecule has 2 aliphatic rings. The Morgan fingerprint density at radius 2 is 1.37 bits per heavy atom. The standard InChI is InChI=1S/C16H12F2O/c17-12-3-1-9-5-11-6-10-2-4-13(18)8-15(10)16(11,19)14(9)7-12/h1-4,7-8,11,19H,5-6H2. The second-order valence-corrected chi connectivity index (χ2v) is 5.47. The van der Waals surface area contributed by atoms with Gasteiger partial charge in [-0.3, -0.25) is 0 Å². The number of rotatable bonds is 0. The van der Waals surface area contributed by atoms with Crippen LogP contribution in [0, 0.1) is 17.6 Å². The molecule has 0 fully saturated rings. The van der Waals surface area contributed by atoms with Crippen LogP contribution in [0.5, 0.6) is 0 Å². The maximum absolute atomic E-state index is 13.5. The van der Waals surface area contributed by atoms with E-state index in [0.29, 0.717) is 24.0 Å².